The van der Waals surface area contributed by atoms with Gasteiger partial charge < -0.3 is 5.11 Å². The van der Waals surface area contributed by atoms with Gasteiger partial charge in [0.2, 0.25) is 0 Å². The van der Waals surface area contributed by atoms with Crippen LogP contribution in [0.25, 0.3) is 0 Å². The molecule has 1 nitrogen and oxygen atoms in total. The molecule has 0 amide bonds. The smallest absolute Gasteiger partial charge is 0.194 e. The van der Waals surface area contributed by atoms with Crippen LogP contribution in [0.5, 0.6) is 0 Å². The van der Waals surface area contributed by atoms with Crippen LogP contribution in [0.4, 0.5) is 22.0 Å². The van der Waals surface area contributed by atoms with Crippen molar-refractivity contribution in [3.8, 4) is 0 Å². The number of aliphatic hydroxyl groups excluding tert-OH is 1. The molecular formula is C13H7F5O. The molecule has 2 rings (SSSR count). The third-order valence-corrected chi connectivity index (χ3v) is 2.60. The normalized spacial score (nSPS) is 12.5. The van der Waals surface area contributed by atoms with Crippen molar-refractivity contribution in [1.29, 1.82) is 0 Å². The molecule has 0 aromatic heterocycles. The maximum absolute atomic E-state index is 13.4. The van der Waals surface area contributed by atoms with Gasteiger partial charge in [-0.1, -0.05) is 12.1 Å². The van der Waals surface area contributed by atoms with Gasteiger partial charge in [-0.25, -0.2) is 22.0 Å². The molecule has 100 valence electrons. The Bertz CT molecular complexity index is 603. The van der Waals surface area contributed by atoms with Crippen molar-refractivity contribution in [2.75, 3.05) is 0 Å². The standard InChI is InChI=1S/C13H7F5O/c14-8-3-1-2-7(11(8)17)13(19)6-4-9(15)12(18)10(16)5-6/h1-5,13,19H. The summed E-state index contributed by atoms with van der Waals surface area (Å²) >= 11 is 0. The zero-order valence-corrected chi connectivity index (χ0v) is 9.30. The van der Waals surface area contributed by atoms with E-state index in [2.05, 4.69) is 0 Å². The summed E-state index contributed by atoms with van der Waals surface area (Å²) < 4.78 is 65.2. The lowest BCUT2D eigenvalue weighted by molar-refractivity contribution is 0.211. The van der Waals surface area contributed by atoms with Gasteiger partial charge in [-0.3, -0.25) is 0 Å². The lowest BCUT2D eigenvalue weighted by Crippen LogP contribution is -2.06. The third kappa shape index (κ3) is 2.44. The van der Waals surface area contributed by atoms with E-state index in [-0.39, 0.29) is 0 Å². The lowest BCUT2D eigenvalue weighted by Gasteiger charge is -2.13. The average molecular weight is 274 g/mol. The highest BCUT2D eigenvalue weighted by Crippen LogP contribution is 2.27. The molecule has 6 heteroatoms. The zero-order valence-electron chi connectivity index (χ0n) is 9.30. The van der Waals surface area contributed by atoms with E-state index in [1.165, 1.54) is 0 Å². The van der Waals surface area contributed by atoms with Crippen LogP contribution in [0.3, 0.4) is 0 Å². The Labute approximate surface area is 104 Å². The third-order valence-electron chi connectivity index (χ3n) is 2.60. The van der Waals surface area contributed by atoms with Gasteiger partial charge in [-0.15, -0.1) is 0 Å². The van der Waals surface area contributed by atoms with Crippen molar-refractivity contribution in [2.45, 2.75) is 6.10 Å². The van der Waals surface area contributed by atoms with Gasteiger partial charge in [-0.2, -0.15) is 0 Å². The first-order valence-corrected chi connectivity index (χ1v) is 5.18. The molecule has 0 aliphatic heterocycles. The summed E-state index contributed by atoms with van der Waals surface area (Å²) in [5, 5.41) is 9.77. The molecule has 2 aromatic rings. The fourth-order valence-electron chi connectivity index (χ4n) is 1.64. The molecule has 19 heavy (non-hydrogen) atoms. The molecule has 0 aliphatic rings. The minimum atomic E-state index is -1.81. The van der Waals surface area contributed by atoms with E-state index in [0.29, 0.717) is 12.1 Å². The van der Waals surface area contributed by atoms with Crippen LogP contribution in [0, 0.1) is 29.1 Å². The van der Waals surface area contributed by atoms with E-state index in [9.17, 15) is 27.1 Å². The minimum absolute atomic E-state index is 0.416. The van der Waals surface area contributed by atoms with E-state index in [0.717, 1.165) is 18.2 Å². The van der Waals surface area contributed by atoms with E-state index >= 15 is 0 Å². The summed E-state index contributed by atoms with van der Waals surface area (Å²) in [6.07, 6.45) is -1.81. The number of benzene rings is 2. The van der Waals surface area contributed by atoms with Gasteiger partial charge in [0.1, 0.15) is 6.10 Å². The van der Waals surface area contributed by atoms with Crippen molar-refractivity contribution in [3.05, 3.63) is 70.5 Å². The molecule has 1 N–H and O–H groups in total. The molecule has 1 atom stereocenters. The summed E-state index contributed by atoms with van der Waals surface area (Å²) in [6.45, 7) is 0. The molecule has 2 aromatic carbocycles. The summed E-state index contributed by atoms with van der Waals surface area (Å²) in [5.74, 6) is -7.29. The predicted octanol–water partition coefficient (Wildman–Crippen LogP) is 3.46. The van der Waals surface area contributed by atoms with Crippen LogP contribution in [-0.4, -0.2) is 5.11 Å². The molecule has 0 aliphatic carbocycles. The number of hydrogen-bond acceptors (Lipinski definition) is 1. The molecule has 0 radical (unpaired) electrons. The molecule has 0 saturated carbocycles. The van der Waals surface area contributed by atoms with Gasteiger partial charge in [0.15, 0.2) is 29.1 Å². The Balaban J connectivity index is 2.50. The lowest BCUT2D eigenvalue weighted by atomic mass is 10.0. The number of rotatable bonds is 2. The second-order valence-electron chi connectivity index (χ2n) is 3.84. The highest BCUT2D eigenvalue weighted by Gasteiger charge is 2.20. The van der Waals surface area contributed by atoms with E-state index in [1.807, 2.05) is 0 Å². The summed E-state index contributed by atoms with van der Waals surface area (Å²) in [5.41, 5.74) is -0.911. The van der Waals surface area contributed by atoms with Gasteiger partial charge in [0.25, 0.3) is 0 Å². The largest absolute Gasteiger partial charge is 0.384 e. The Morgan fingerprint density at radius 3 is 1.95 bits per heavy atom. The SMILES string of the molecule is OC(c1cc(F)c(F)c(F)c1)c1cccc(F)c1F. The fourth-order valence-corrected chi connectivity index (χ4v) is 1.64. The molecule has 0 fully saturated rings. The van der Waals surface area contributed by atoms with Gasteiger partial charge in [0, 0.05) is 5.56 Å². The number of aliphatic hydroxyl groups is 1. The van der Waals surface area contributed by atoms with Gasteiger partial charge >= 0.3 is 0 Å². The minimum Gasteiger partial charge on any atom is -0.384 e. The van der Waals surface area contributed by atoms with Crippen LogP contribution in [0.15, 0.2) is 30.3 Å². The monoisotopic (exact) mass is 274 g/mol. The first-order chi connectivity index (χ1) is 8.91. The molecule has 0 saturated heterocycles. The summed E-state index contributed by atoms with van der Waals surface area (Å²) in [6, 6.07) is 4.06. The second-order valence-corrected chi connectivity index (χ2v) is 3.84. The topological polar surface area (TPSA) is 20.2 Å². The number of halogens is 5. The highest BCUT2D eigenvalue weighted by molar-refractivity contribution is 5.32. The first kappa shape index (κ1) is 13.5. The molecule has 1 unspecified atom stereocenters. The zero-order chi connectivity index (χ0) is 14.2. The maximum atomic E-state index is 13.4. The van der Waals surface area contributed by atoms with E-state index in [1.54, 1.807) is 0 Å². The van der Waals surface area contributed by atoms with Crippen LogP contribution in [-0.2, 0) is 0 Å². The molecule has 0 spiro atoms. The Morgan fingerprint density at radius 2 is 1.37 bits per heavy atom. The van der Waals surface area contributed by atoms with Gasteiger partial charge in [-0.05, 0) is 23.8 Å². The Hall–Kier alpha value is -1.95. The first-order valence-electron chi connectivity index (χ1n) is 5.18. The highest BCUT2D eigenvalue weighted by atomic mass is 19.2. The summed E-state index contributed by atoms with van der Waals surface area (Å²) in [4.78, 5) is 0. The van der Waals surface area contributed by atoms with Crippen molar-refractivity contribution < 1.29 is 27.1 Å². The Morgan fingerprint density at radius 1 is 0.789 bits per heavy atom. The summed E-state index contributed by atoms with van der Waals surface area (Å²) in [7, 11) is 0. The molecule has 0 bridgehead atoms. The van der Waals surface area contributed by atoms with E-state index < -0.39 is 46.3 Å². The second kappa shape index (κ2) is 4.97. The molecular weight excluding hydrogens is 267 g/mol. The van der Waals surface area contributed by atoms with Crippen LogP contribution >= 0.6 is 0 Å². The van der Waals surface area contributed by atoms with Crippen LogP contribution in [0.1, 0.15) is 17.2 Å². The van der Waals surface area contributed by atoms with Crippen LogP contribution in [0.2, 0.25) is 0 Å². The van der Waals surface area contributed by atoms with Crippen molar-refractivity contribution in [3.63, 3.8) is 0 Å². The predicted molar refractivity (Wildman–Crippen MR) is 56.7 cm³/mol. The van der Waals surface area contributed by atoms with E-state index in [4.69, 9.17) is 0 Å². The quantitative estimate of drug-likeness (QED) is 0.656. The van der Waals surface area contributed by atoms with Crippen molar-refractivity contribution in [2.24, 2.45) is 0 Å². The average Bonchev–Trinajstić information content (AvgIpc) is 2.38. The van der Waals surface area contributed by atoms with Gasteiger partial charge in [0.05, 0.1) is 0 Å². The number of hydrogen-bond donors (Lipinski definition) is 1. The molecule has 0 heterocycles. The fraction of sp³-hybridized carbons (Fsp3) is 0.0769. The van der Waals surface area contributed by atoms with Crippen LogP contribution < -0.4 is 0 Å². The van der Waals surface area contributed by atoms with Crippen molar-refractivity contribution in [1.82, 2.24) is 0 Å². The maximum Gasteiger partial charge on any atom is 0.194 e. The van der Waals surface area contributed by atoms with Crippen molar-refractivity contribution >= 4 is 0 Å². The Kier molecular flexibility index (Phi) is 3.53.